The van der Waals surface area contributed by atoms with Gasteiger partial charge in [-0.05, 0) is 31.2 Å². The van der Waals surface area contributed by atoms with Gasteiger partial charge < -0.3 is 5.11 Å². The van der Waals surface area contributed by atoms with E-state index in [9.17, 15) is 5.11 Å². The number of para-hydroxylation sites is 1. The maximum atomic E-state index is 9.57. The summed E-state index contributed by atoms with van der Waals surface area (Å²) in [7, 11) is 0. The van der Waals surface area contributed by atoms with Crippen LogP contribution in [0.5, 0.6) is 5.75 Å². The van der Waals surface area contributed by atoms with Crippen molar-refractivity contribution in [1.29, 1.82) is 0 Å². The predicted molar refractivity (Wildman–Crippen MR) is 53.9 cm³/mol. The molecule has 0 aliphatic heterocycles. The number of rotatable bonds is 1. The van der Waals surface area contributed by atoms with Crippen LogP contribution in [0.25, 0.3) is 11.3 Å². The fourth-order valence-electron chi connectivity index (χ4n) is 1.23. The Kier molecular flexibility index (Phi) is 2.14. The highest BCUT2D eigenvalue weighted by atomic mass is 16.3. The van der Waals surface area contributed by atoms with E-state index in [1.807, 2.05) is 31.2 Å². The van der Waals surface area contributed by atoms with Crippen molar-refractivity contribution in [2.24, 2.45) is 0 Å². The zero-order valence-electron chi connectivity index (χ0n) is 7.81. The molecule has 0 radical (unpaired) electrons. The van der Waals surface area contributed by atoms with E-state index in [0.29, 0.717) is 11.3 Å². The zero-order valence-corrected chi connectivity index (χ0v) is 7.81. The van der Waals surface area contributed by atoms with E-state index in [2.05, 4.69) is 10.2 Å². The fourth-order valence-corrected chi connectivity index (χ4v) is 1.23. The van der Waals surface area contributed by atoms with Gasteiger partial charge in [-0.15, -0.1) is 0 Å². The monoisotopic (exact) mass is 186 g/mol. The van der Waals surface area contributed by atoms with E-state index in [1.165, 1.54) is 0 Å². The molecule has 0 aliphatic carbocycles. The molecule has 0 unspecified atom stereocenters. The fraction of sp³-hybridized carbons (Fsp3) is 0.0909. The van der Waals surface area contributed by atoms with Gasteiger partial charge in [0.2, 0.25) is 0 Å². The Morgan fingerprint density at radius 1 is 1.00 bits per heavy atom. The molecule has 0 saturated heterocycles. The molecule has 1 aromatic heterocycles. The SMILES string of the molecule is Cc1ccc(-c2ccccc2O)nn1. The Balaban J connectivity index is 2.50. The third-order valence-electron chi connectivity index (χ3n) is 1.98. The van der Waals surface area contributed by atoms with Crippen molar-refractivity contribution >= 4 is 0 Å². The van der Waals surface area contributed by atoms with Crippen LogP contribution in [0, 0.1) is 6.92 Å². The quantitative estimate of drug-likeness (QED) is 0.742. The topological polar surface area (TPSA) is 46.0 Å². The lowest BCUT2D eigenvalue weighted by molar-refractivity contribution is 0.477. The van der Waals surface area contributed by atoms with Gasteiger partial charge in [-0.2, -0.15) is 10.2 Å². The van der Waals surface area contributed by atoms with Gasteiger partial charge in [0.25, 0.3) is 0 Å². The zero-order chi connectivity index (χ0) is 9.97. The van der Waals surface area contributed by atoms with Crippen LogP contribution in [0.4, 0.5) is 0 Å². The second-order valence-electron chi connectivity index (χ2n) is 3.08. The molecule has 0 saturated carbocycles. The van der Waals surface area contributed by atoms with E-state index in [4.69, 9.17) is 0 Å². The Hall–Kier alpha value is -1.90. The Labute approximate surface area is 82.1 Å². The van der Waals surface area contributed by atoms with Gasteiger partial charge in [0.15, 0.2) is 0 Å². The molecule has 3 heteroatoms. The summed E-state index contributed by atoms with van der Waals surface area (Å²) in [4.78, 5) is 0. The number of phenolic OH excluding ortho intramolecular Hbond substituents is 1. The first-order chi connectivity index (χ1) is 6.77. The van der Waals surface area contributed by atoms with E-state index < -0.39 is 0 Å². The van der Waals surface area contributed by atoms with Gasteiger partial charge >= 0.3 is 0 Å². The van der Waals surface area contributed by atoms with Gasteiger partial charge in [-0.25, -0.2) is 0 Å². The van der Waals surface area contributed by atoms with Crippen molar-refractivity contribution in [3.63, 3.8) is 0 Å². The first kappa shape index (κ1) is 8.69. The summed E-state index contributed by atoms with van der Waals surface area (Å²) >= 11 is 0. The van der Waals surface area contributed by atoms with Crippen LogP contribution < -0.4 is 0 Å². The van der Waals surface area contributed by atoms with Gasteiger partial charge in [-0.1, -0.05) is 12.1 Å². The van der Waals surface area contributed by atoms with Crippen molar-refractivity contribution in [1.82, 2.24) is 10.2 Å². The standard InChI is InChI=1S/C11H10N2O/c1-8-6-7-10(13-12-8)9-4-2-3-5-11(9)14/h2-7,14H,1H3. The third kappa shape index (κ3) is 1.57. The van der Waals surface area contributed by atoms with Crippen LogP contribution >= 0.6 is 0 Å². The van der Waals surface area contributed by atoms with Crippen molar-refractivity contribution in [3.8, 4) is 17.0 Å². The molecule has 70 valence electrons. The molecule has 0 atom stereocenters. The maximum absolute atomic E-state index is 9.57. The average Bonchev–Trinajstić information content (AvgIpc) is 2.20. The smallest absolute Gasteiger partial charge is 0.125 e. The molecule has 1 N–H and O–H groups in total. The van der Waals surface area contributed by atoms with Crippen LogP contribution in [-0.2, 0) is 0 Å². The van der Waals surface area contributed by atoms with Gasteiger partial charge in [0, 0.05) is 5.56 Å². The minimum absolute atomic E-state index is 0.227. The number of aromatic nitrogens is 2. The van der Waals surface area contributed by atoms with E-state index in [-0.39, 0.29) is 5.75 Å². The summed E-state index contributed by atoms with van der Waals surface area (Å²) in [6, 6.07) is 10.8. The van der Waals surface area contributed by atoms with Crippen LogP contribution in [0.15, 0.2) is 36.4 Å². The first-order valence-corrected chi connectivity index (χ1v) is 4.36. The number of phenols is 1. The Morgan fingerprint density at radius 2 is 1.79 bits per heavy atom. The number of aromatic hydroxyl groups is 1. The van der Waals surface area contributed by atoms with Crippen LogP contribution in [0.3, 0.4) is 0 Å². The molecule has 0 fully saturated rings. The summed E-state index contributed by atoms with van der Waals surface area (Å²) in [6.07, 6.45) is 0. The van der Waals surface area contributed by atoms with E-state index >= 15 is 0 Å². The van der Waals surface area contributed by atoms with Crippen LogP contribution in [0.2, 0.25) is 0 Å². The number of hydrogen-bond acceptors (Lipinski definition) is 3. The number of hydrogen-bond donors (Lipinski definition) is 1. The second kappa shape index (κ2) is 3.46. The molecule has 1 heterocycles. The lowest BCUT2D eigenvalue weighted by Crippen LogP contribution is -1.89. The normalized spacial score (nSPS) is 10.1. The van der Waals surface area contributed by atoms with Crippen LogP contribution in [0.1, 0.15) is 5.69 Å². The van der Waals surface area contributed by atoms with Crippen molar-refractivity contribution in [2.45, 2.75) is 6.92 Å². The third-order valence-corrected chi connectivity index (χ3v) is 1.98. The number of nitrogens with zero attached hydrogens (tertiary/aromatic N) is 2. The number of benzene rings is 1. The average molecular weight is 186 g/mol. The van der Waals surface area contributed by atoms with Gasteiger partial charge in [0.1, 0.15) is 5.75 Å². The van der Waals surface area contributed by atoms with Crippen molar-refractivity contribution < 1.29 is 5.11 Å². The summed E-state index contributed by atoms with van der Waals surface area (Å²) in [5, 5.41) is 17.5. The molecule has 1 aromatic carbocycles. The molecular formula is C11H10N2O. The predicted octanol–water partition coefficient (Wildman–Crippen LogP) is 2.16. The minimum atomic E-state index is 0.227. The summed E-state index contributed by atoms with van der Waals surface area (Å²) < 4.78 is 0. The molecule has 2 rings (SSSR count). The molecule has 0 spiro atoms. The van der Waals surface area contributed by atoms with Crippen molar-refractivity contribution in [3.05, 3.63) is 42.1 Å². The maximum Gasteiger partial charge on any atom is 0.125 e. The number of aryl methyl sites for hydroxylation is 1. The second-order valence-corrected chi connectivity index (χ2v) is 3.08. The van der Waals surface area contributed by atoms with E-state index in [0.717, 1.165) is 5.69 Å². The molecule has 0 aliphatic rings. The molecule has 14 heavy (non-hydrogen) atoms. The molecule has 0 amide bonds. The highest BCUT2D eigenvalue weighted by molar-refractivity contribution is 5.65. The van der Waals surface area contributed by atoms with Crippen molar-refractivity contribution in [2.75, 3.05) is 0 Å². The highest BCUT2D eigenvalue weighted by Gasteiger charge is 2.03. The summed E-state index contributed by atoms with van der Waals surface area (Å²) in [5.74, 6) is 0.227. The minimum Gasteiger partial charge on any atom is -0.507 e. The van der Waals surface area contributed by atoms with Gasteiger partial charge in [-0.3, -0.25) is 0 Å². The largest absolute Gasteiger partial charge is 0.507 e. The molecule has 0 bridgehead atoms. The molecule has 2 aromatic rings. The lowest BCUT2D eigenvalue weighted by Gasteiger charge is -2.02. The van der Waals surface area contributed by atoms with Crippen LogP contribution in [-0.4, -0.2) is 15.3 Å². The highest BCUT2D eigenvalue weighted by Crippen LogP contribution is 2.25. The summed E-state index contributed by atoms with van der Waals surface area (Å²) in [5.41, 5.74) is 2.26. The molecule has 3 nitrogen and oxygen atoms in total. The lowest BCUT2D eigenvalue weighted by atomic mass is 10.1. The Bertz CT molecular complexity index is 437. The van der Waals surface area contributed by atoms with Gasteiger partial charge in [0.05, 0.1) is 11.4 Å². The first-order valence-electron chi connectivity index (χ1n) is 4.36. The summed E-state index contributed by atoms with van der Waals surface area (Å²) in [6.45, 7) is 1.88. The Morgan fingerprint density at radius 3 is 2.43 bits per heavy atom. The van der Waals surface area contributed by atoms with E-state index in [1.54, 1.807) is 12.1 Å². The molecular weight excluding hydrogens is 176 g/mol.